The minimum absolute atomic E-state index is 0.458. The van der Waals surface area contributed by atoms with Gasteiger partial charge in [-0.25, -0.2) is 4.98 Å². The number of rotatable bonds is 8. The molecule has 0 radical (unpaired) electrons. The number of halogens is 1. The summed E-state index contributed by atoms with van der Waals surface area (Å²) in [7, 11) is 5.86. The zero-order chi connectivity index (χ0) is 22.5. The highest BCUT2D eigenvalue weighted by atomic mass is 35.5. The van der Waals surface area contributed by atoms with Crippen LogP contribution in [0.3, 0.4) is 0 Å². The zero-order valence-corrected chi connectivity index (χ0v) is 20.3. The van der Waals surface area contributed by atoms with Crippen LogP contribution < -0.4 is 20.3 Å². The first-order valence-corrected chi connectivity index (χ1v) is 12.3. The largest absolute Gasteiger partial charge is 0.496 e. The van der Waals surface area contributed by atoms with Gasteiger partial charge >= 0.3 is 0 Å². The van der Waals surface area contributed by atoms with E-state index in [0.717, 1.165) is 61.9 Å². The maximum Gasteiger partial charge on any atom is 0.225 e. The highest BCUT2D eigenvalue weighted by molar-refractivity contribution is 6.30. The lowest BCUT2D eigenvalue weighted by Crippen LogP contribution is -2.32. The zero-order valence-electron chi connectivity index (χ0n) is 19.6. The van der Waals surface area contributed by atoms with E-state index in [1.54, 1.807) is 7.11 Å². The van der Waals surface area contributed by atoms with E-state index in [9.17, 15) is 0 Å². The van der Waals surface area contributed by atoms with E-state index in [1.165, 1.54) is 36.9 Å². The van der Waals surface area contributed by atoms with Crippen molar-refractivity contribution < 1.29 is 4.74 Å². The quantitative estimate of drug-likeness (QED) is 0.591. The Hall–Kier alpha value is -2.05. The van der Waals surface area contributed by atoms with Crippen molar-refractivity contribution in [3.8, 4) is 5.75 Å². The summed E-state index contributed by atoms with van der Waals surface area (Å²) < 4.78 is 5.45. The van der Waals surface area contributed by atoms with Crippen LogP contribution in [0.1, 0.15) is 55.3 Å². The summed E-state index contributed by atoms with van der Waals surface area (Å²) in [5.41, 5.74) is 3.74. The molecule has 0 atom stereocenters. The van der Waals surface area contributed by atoms with Crippen molar-refractivity contribution in [2.45, 2.75) is 64.0 Å². The maximum absolute atomic E-state index is 6.06. The van der Waals surface area contributed by atoms with Crippen LogP contribution in [0.4, 0.5) is 11.8 Å². The molecule has 0 spiro atoms. The van der Waals surface area contributed by atoms with E-state index in [0.29, 0.717) is 17.0 Å². The minimum Gasteiger partial charge on any atom is -0.496 e. The van der Waals surface area contributed by atoms with Gasteiger partial charge in [0.05, 0.1) is 12.8 Å². The number of nitrogens with zero attached hydrogens (tertiary/aromatic N) is 3. The van der Waals surface area contributed by atoms with Crippen LogP contribution in [0, 0.1) is 5.92 Å². The predicted molar refractivity (Wildman–Crippen MR) is 132 cm³/mol. The monoisotopic (exact) mass is 457 g/mol. The van der Waals surface area contributed by atoms with Crippen LogP contribution in [-0.2, 0) is 19.4 Å². The lowest BCUT2D eigenvalue weighted by atomic mass is 9.86. The van der Waals surface area contributed by atoms with E-state index in [-0.39, 0.29) is 0 Å². The molecule has 174 valence electrons. The summed E-state index contributed by atoms with van der Waals surface area (Å²) >= 11 is 6.06. The summed E-state index contributed by atoms with van der Waals surface area (Å²) in [6.45, 7) is 1.83. The molecule has 6 nitrogen and oxygen atoms in total. The molecule has 4 rings (SSSR count). The fourth-order valence-electron chi connectivity index (χ4n) is 4.98. The standard InChI is InChI=1S/C25H36ClN5O/c1-31(2)24-21-6-4-5-7-22(21)29-25(30-24)28-20-12-8-17(9-13-20)15-27-16-18-10-11-19(26)14-23(18)32-3/h10-11,14,17,20,27H,4-9,12-13,15-16H2,1-3H3,(H,28,29,30)/t17-,20+. The number of benzene rings is 1. The smallest absolute Gasteiger partial charge is 0.225 e. The van der Waals surface area contributed by atoms with Crippen LogP contribution in [0.15, 0.2) is 18.2 Å². The van der Waals surface area contributed by atoms with Gasteiger partial charge in [-0.1, -0.05) is 17.7 Å². The third-order valence-corrected chi connectivity index (χ3v) is 7.00. The molecule has 0 aliphatic heterocycles. The molecule has 2 N–H and O–H groups in total. The summed E-state index contributed by atoms with van der Waals surface area (Å²) in [4.78, 5) is 11.9. The molecule has 2 aromatic rings. The Morgan fingerprint density at radius 2 is 1.88 bits per heavy atom. The van der Waals surface area contributed by atoms with Crippen LogP contribution in [0.5, 0.6) is 5.75 Å². The number of ether oxygens (including phenoxy) is 1. The first-order chi connectivity index (χ1) is 15.5. The van der Waals surface area contributed by atoms with Crippen LogP contribution >= 0.6 is 11.6 Å². The van der Waals surface area contributed by atoms with Crippen LogP contribution in [-0.4, -0.2) is 43.8 Å². The molecule has 0 amide bonds. The second kappa shape index (κ2) is 10.7. The Balaban J connectivity index is 1.27. The Morgan fingerprint density at radius 3 is 2.62 bits per heavy atom. The molecular weight excluding hydrogens is 422 g/mol. The number of methoxy groups -OCH3 is 1. The third kappa shape index (κ3) is 5.65. The predicted octanol–water partition coefficient (Wildman–Crippen LogP) is 4.84. The number of aromatic nitrogens is 2. The first kappa shape index (κ1) is 23.1. The summed E-state index contributed by atoms with van der Waals surface area (Å²) in [5.74, 6) is 3.45. The molecule has 1 aromatic carbocycles. The molecule has 1 aromatic heterocycles. The molecule has 1 fully saturated rings. The van der Waals surface area contributed by atoms with Gasteiger partial charge in [0.2, 0.25) is 5.95 Å². The Morgan fingerprint density at radius 1 is 1.09 bits per heavy atom. The fourth-order valence-corrected chi connectivity index (χ4v) is 5.14. The number of aryl methyl sites for hydroxylation is 1. The molecule has 7 heteroatoms. The molecule has 0 unspecified atom stereocenters. The van der Waals surface area contributed by atoms with Gasteiger partial charge in [0.1, 0.15) is 11.6 Å². The second-order valence-electron chi connectivity index (χ2n) is 9.35. The third-order valence-electron chi connectivity index (χ3n) is 6.76. The molecule has 2 aliphatic carbocycles. The van der Waals surface area contributed by atoms with Gasteiger partial charge in [0.25, 0.3) is 0 Å². The van der Waals surface area contributed by atoms with Gasteiger partial charge < -0.3 is 20.3 Å². The number of fused-ring (bicyclic) bond motifs is 1. The van der Waals surface area contributed by atoms with Crippen molar-refractivity contribution in [3.05, 3.63) is 40.0 Å². The minimum atomic E-state index is 0.458. The molecule has 1 heterocycles. The first-order valence-electron chi connectivity index (χ1n) is 11.9. The normalized spacial score (nSPS) is 20.5. The van der Waals surface area contributed by atoms with Crippen molar-refractivity contribution in [1.29, 1.82) is 0 Å². The van der Waals surface area contributed by atoms with Gasteiger partial charge in [0.15, 0.2) is 0 Å². The second-order valence-corrected chi connectivity index (χ2v) is 9.78. The molecule has 1 saturated carbocycles. The van der Waals surface area contributed by atoms with Crippen molar-refractivity contribution in [2.24, 2.45) is 5.92 Å². The van der Waals surface area contributed by atoms with Crippen molar-refractivity contribution >= 4 is 23.4 Å². The van der Waals surface area contributed by atoms with Crippen molar-refractivity contribution in [3.63, 3.8) is 0 Å². The molecule has 2 aliphatic rings. The summed E-state index contributed by atoms with van der Waals surface area (Å²) in [6, 6.07) is 6.29. The molecular formula is C25H36ClN5O. The lowest BCUT2D eigenvalue weighted by Gasteiger charge is -2.30. The van der Waals surface area contributed by atoms with Crippen LogP contribution in [0.25, 0.3) is 0 Å². The van der Waals surface area contributed by atoms with E-state index in [2.05, 4.69) is 29.6 Å². The van der Waals surface area contributed by atoms with Crippen molar-refractivity contribution in [1.82, 2.24) is 15.3 Å². The highest BCUT2D eigenvalue weighted by Crippen LogP contribution is 2.30. The van der Waals surface area contributed by atoms with E-state index >= 15 is 0 Å². The molecule has 32 heavy (non-hydrogen) atoms. The van der Waals surface area contributed by atoms with Crippen LogP contribution in [0.2, 0.25) is 5.02 Å². The fraction of sp³-hybridized carbons (Fsp3) is 0.600. The Labute approximate surface area is 197 Å². The highest BCUT2D eigenvalue weighted by Gasteiger charge is 2.24. The van der Waals surface area contributed by atoms with Gasteiger partial charge in [-0.2, -0.15) is 4.98 Å². The topological polar surface area (TPSA) is 62.3 Å². The van der Waals surface area contributed by atoms with E-state index in [1.807, 2.05) is 18.2 Å². The van der Waals surface area contributed by atoms with E-state index < -0.39 is 0 Å². The number of hydrogen-bond acceptors (Lipinski definition) is 6. The number of nitrogens with one attached hydrogen (secondary N) is 2. The lowest BCUT2D eigenvalue weighted by molar-refractivity contribution is 0.322. The summed E-state index contributed by atoms with van der Waals surface area (Å²) in [5, 5.41) is 7.97. The van der Waals surface area contributed by atoms with Crippen molar-refractivity contribution in [2.75, 3.05) is 38.0 Å². The Bertz CT molecular complexity index is 911. The average Bonchev–Trinajstić information content (AvgIpc) is 2.80. The Kier molecular flexibility index (Phi) is 7.74. The van der Waals surface area contributed by atoms with Gasteiger partial charge in [-0.05, 0) is 76.0 Å². The number of hydrogen-bond donors (Lipinski definition) is 2. The molecule has 0 bridgehead atoms. The van der Waals surface area contributed by atoms with Gasteiger partial charge in [-0.15, -0.1) is 0 Å². The average molecular weight is 458 g/mol. The summed E-state index contributed by atoms with van der Waals surface area (Å²) in [6.07, 6.45) is 9.40. The van der Waals surface area contributed by atoms with Gasteiger partial charge in [-0.3, -0.25) is 0 Å². The SMILES string of the molecule is COc1cc(Cl)ccc1CNC[C@H]1CC[C@@H](Nc2nc3c(c(N(C)C)n2)CCCC3)CC1. The maximum atomic E-state index is 6.06. The molecule has 0 saturated heterocycles. The number of anilines is 2. The van der Waals surface area contributed by atoms with E-state index in [4.69, 9.17) is 26.3 Å². The van der Waals surface area contributed by atoms with Gasteiger partial charge in [0, 0.05) is 42.8 Å².